The average Bonchev–Trinajstić information content (AvgIpc) is 2.29. The van der Waals surface area contributed by atoms with Crippen LogP contribution in [-0.2, 0) is 4.79 Å². The molecule has 0 bridgehead atoms. The maximum absolute atomic E-state index is 10.9. The van der Waals surface area contributed by atoms with E-state index in [-0.39, 0.29) is 0 Å². The van der Waals surface area contributed by atoms with Crippen molar-refractivity contribution in [2.24, 2.45) is 0 Å². The number of benzene rings is 1. The first kappa shape index (κ1) is 12.4. The Morgan fingerprint density at radius 3 is 2.75 bits per heavy atom. The van der Waals surface area contributed by atoms with Gasteiger partial charge in [-0.25, -0.2) is 0 Å². The van der Waals surface area contributed by atoms with Crippen molar-refractivity contribution >= 4 is 17.7 Å². The molecule has 16 heavy (non-hydrogen) atoms. The predicted molar refractivity (Wildman–Crippen MR) is 63.7 cm³/mol. The minimum atomic E-state index is -1.07. The zero-order valence-electron chi connectivity index (χ0n) is 8.63. The summed E-state index contributed by atoms with van der Waals surface area (Å²) in [6.45, 7) is 0. The number of carboxylic acid groups (broad SMARTS) is 1. The molecular weight excluding hydrogens is 220 g/mol. The summed E-state index contributed by atoms with van der Waals surface area (Å²) >= 11 is 1.27. The molecular formula is C13H11O2S-. The molecule has 0 heterocycles. The summed E-state index contributed by atoms with van der Waals surface area (Å²) in [7, 11) is 0. The molecule has 3 heteroatoms. The quantitative estimate of drug-likeness (QED) is 0.569. The summed E-state index contributed by atoms with van der Waals surface area (Å²) in [5, 5.41) is 10.3. The van der Waals surface area contributed by atoms with Crippen LogP contribution in [0.1, 0.15) is 6.42 Å². The molecule has 1 aromatic carbocycles. The number of allylic oxidation sites excluding steroid dienone is 2. The minimum absolute atomic E-state index is 0.367. The van der Waals surface area contributed by atoms with Gasteiger partial charge in [0.2, 0.25) is 0 Å². The number of rotatable bonds is 5. The fourth-order valence-electron chi connectivity index (χ4n) is 1.12. The van der Waals surface area contributed by atoms with Crippen LogP contribution in [0.4, 0.5) is 0 Å². The second-order valence-corrected chi connectivity index (χ2v) is 4.32. The lowest BCUT2D eigenvalue weighted by Gasteiger charge is -2.15. The molecule has 0 N–H and O–H groups in total. The molecule has 82 valence electrons. The Labute approximate surface area is 99.4 Å². The highest BCUT2D eigenvalue weighted by atomic mass is 32.2. The first-order valence-electron chi connectivity index (χ1n) is 4.77. The van der Waals surface area contributed by atoms with Gasteiger partial charge in [-0.3, -0.25) is 0 Å². The van der Waals surface area contributed by atoms with Gasteiger partial charge in [-0.1, -0.05) is 30.2 Å². The highest BCUT2D eigenvalue weighted by Crippen LogP contribution is 2.24. The SMILES string of the molecule is C#CC=CCC(Sc1ccccc1)C(=O)[O-]. The third-order valence-corrected chi connectivity index (χ3v) is 3.06. The molecule has 1 atom stereocenters. The van der Waals surface area contributed by atoms with Crippen molar-refractivity contribution in [1.29, 1.82) is 0 Å². The van der Waals surface area contributed by atoms with Crippen LogP contribution >= 0.6 is 11.8 Å². The third kappa shape index (κ3) is 4.24. The lowest BCUT2D eigenvalue weighted by molar-refractivity contribution is -0.304. The molecule has 0 aliphatic carbocycles. The smallest absolute Gasteiger partial charge is 0.0551 e. The molecule has 0 aliphatic heterocycles. The van der Waals surface area contributed by atoms with E-state index in [0.717, 1.165) is 4.90 Å². The highest BCUT2D eigenvalue weighted by molar-refractivity contribution is 8.00. The lowest BCUT2D eigenvalue weighted by Crippen LogP contribution is -2.33. The Hall–Kier alpha value is -1.66. The van der Waals surface area contributed by atoms with Crippen molar-refractivity contribution in [3.05, 3.63) is 42.5 Å². The fourth-order valence-corrected chi connectivity index (χ4v) is 2.06. The summed E-state index contributed by atoms with van der Waals surface area (Å²) in [5.41, 5.74) is 0. The summed E-state index contributed by atoms with van der Waals surface area (Å²) in [6, 6.07) is 9.35. The molecule has 1 aromatic rings. The maximum atomic E-state index is 10.9. The molecule has 0 aliphatic rings. The van der Waals surface area contributed by atoms with Crippen molar-refractivity contribution in [2.75, 3.05) is 0 Å². The minimum Gasteiger partial charge on any atom is -0.549 e. The van der Waals surface area contributed by atoms with Crippen LogP contribution in [0.15, 0.2) is 47.4 Å². The van der Waals surface area contributed by atoms with E-state index in [1.165, 1.54) is 17.8 Å². The van der Waals surface area contributed by atoms with Crippen LogP contribution < -0.4 is 5.11 Å². The zero-order chi connectivity index (χ0) is 11.8. The Morgan fingerprint density at radius 2 is 2.19 bits per heavy atom. The molecule has 0 saturated heterocycles. The summed E-state index contributed by atoms with van der Waals surface area (Å²) in [4.78, 5) is 11.8. The number of carbonyl (C=O) groups is 1. The van der Waals surface area contributed by atoms with Gasteiger partial charge in [0, 0.05) is 4.90 Å². The van der Waals surface area contributed by atoms with Crippen molar-refractivity contribution in [3.8, 4) is 12.3 Å². The van der Waals surface area contributed by atoms with E-state index in [1.54, 1.807) is 6.08 Å². The topological polar surface area (TPSA) is 40.1 Å². The monoisotopic (exact) mass is 231 g/mol. The predicted octanol–water partition coefficient (Wildman–Crippen LogP) is 1.48. The van der Waals surface area contributed by atoms with Crippen molar-refractivity contribution in [1.82, 2.24) is 0 Å². The van der Waals surface area contributed by atoms with Crippen molar-refractivity contribution in [3.63, 3.8) is 0 Å². The standard InChI is InChI=1S/C13H12O2S/c1-2-3-5-10-12(13(14)15)16-11-8-6-4-7-9-11/h1,3-9,12H,10H2,(H,14,15)/p-1. The largest absolute Gasteiger partial charge is 0.549 e. The Morgan fingerprint density at radius 1 is 1.50 bits per heavy atom. The van der Waals surface area contributed by atoms with E-state index in [1.807, 2.05) is 30.3 Å². The summed E-state index contributed by atoms with van der Waals surface area (Å²) in [5.74, 6) is 1.25. The van der Waals surface area contributed by atoms with Crippen molar-refractivity contribution in [2.45, 2.75) is 16.6 Å². The number of carboxylic acids is 1. The third-order valence-electron chi connectivity index (χ3n) is 1.85. The van der Waals surface area contributed by atoms with Crippen LogP contribution in [0.25, 0.3) is 0 Å². The van der Waals surface area contributed by atoms with E-state index in [9.17, 15) is 9.90 Å². The fraction of sp³-hybridized carbons (Fsp3) is 0.154. The maximum Gasteiger partial charge on any atom is 0.0551 e. The molecule has 0 spiro atoms. The van der Waals surface area contributed by atoms with E-state index < -0.39 is 11.2 Å². The van der Waals surface area contributed by atoms with Crippen LogP contribution in [-0.4, -0.2) is 11.2 Å². The summed E-state index contributed by atoms with van der Waals surface area (Å²) in [6.07, 6.45) is 8.57. The van der Waals surface area contributed by atoms with Gasteiger partial charge in [0.15, 0.2) is 0 Å². The average molecular weight is 231 g/mol. The van der Waals surface area contributed by atoms with Gasteiger partial charge in [0.1, 0.15) is 0 Å². The Kier molecular flexibility index (Phi) is 5.24. The molecule has 1 rings (SSSR count). The van der Waals surface area contributed by atoms with Crippen molar-refractivity contribution < 1.29 is 9.90 Å². The molecule has 1 unspecified atom stereocenters. The number of aliphatic carboxylic acids is 1. The molecule has 0 saturated carbocycles. The zero-order valence-corrected chi connectivity index (χ0v) is 9.44. The number of terminal acetylenes is 1. The Balaban J connectivity index is 2.62. The normalized spacial score (nSPS) is 12.2. The molecule has 0 aromatic heterocycles. The summed E-state index contributed by atoms with van der Waals surface area (Å²) < 4.78 is 0. The second kappa shape index (κ2) is 6.76. The van der Waals surface area contributed by atoms with Gasteiger partial charge in [-0.05, 0) is 24.6 Å². The van der Waals surface area contributed by atoms with Gasteiger partial charge < -0.3 is 9.90 Å². The van der Waals surface area contributed by atoms with E-state index >= 15 is 0 Å². The van der Waals surface area contributed by atoms with Gasteiger partial charge >= 0.3 is 0 Å². The van der Waals surface area contributed by atoms with E-state index in [2.05, 4.69) is 5.92 Å². The number of hydrogen-bond donors (Lipinski definition) is 0. The van der Waals surface area contributed by atoms with Crippen LogP contribution in [0, 0.1) is 12.3 Å². The van der Waals surface area contributed by atoms with E-state index in [0.29, 0.717) is 6.42 Å². The van der Waals surface area contributed by atoms with Gasteiger partial charge in [0.25, 0.3) is 0 Å². The number of thioether (sulfide) groups is 1. The first-order valence-corrected chi connectivity index (χ1v) is 5.65. The van der Waals surface area contributed by atoms with Gasteiger partial charge in [-0.15, -0.1) is 18.2 Å². The first-order chi connectivity index (χ1) is 7.74. The number of carbonyl (C=O) groups excluding carboxylic acids is 1. The lowest BCUT2D eigenvalue weighted by atomic mass is 10.3. The molecule has 0 fully saturated rings. The van der Waals surface area contributed by atoms with E-state index in [4.69, 9.17) is 6.42 Å². The van der Waals surface area contributed by atoms with Crippen LogP contribution in [0.2, 0.25) is 0 Å². The molecule has 0 amide bonds. The van der Waals surface area contributed by atoms with Crippen LogP contribution in [0.5, 0.6) is 0 Å². The van der Waals surface area contributed by atoms with Gasteiger partial charge in [0.05, 0.1) is 11.2 Å². The second-order valence-electron chi connectivity index (χ2n) is 3.04. The Bertz CT molecular complexity index is 404. The molecule has 2 nitrogen and oxygen atoms in total. The van der Waals surface area contributed by atoms with Gasteiger partial charge in [-0.2, -0.15) is 0 Å². The molecule has 0 radical (unpaired) electrons. The van der Waals surface area contributed by atoms with Crippen LogP contribution in [0.3, 0.4) is 0 Å². The highest BCUT2D eigenvalue weighted by Gasteiger charge is 2.09. The number of hydrogen-bond acceptors (Lipinski definition) is 3.